The maximum absolute atomic E-state index is 5.06. The van der Waals surface area contributed by atoms with Gasteiger partial charge in [-0.2, -0.15) is 0 Å². The average Bonchev–Trinajstić information content (AvgIpc) is 2.74. The highest BCUT2D eigenvalue weighted by atomic mass is 15.0. The Bertz CT molecular complexity index is 1340. The van der Waals surface area contributed by atoms with E-state index in [0.29, 0.717) is 0 Å². The molecule has 0 aliphatic carbocycles. The SMILES string of the molecule is c1ccc(-c2cccc3c2nc2c4c(ccnc43)-c3ccccc3N2)cc1. The highest BCUT2D eigenvalue weighted by Crippen LogP contribution is 2.44. The summed E-state index contributed by atoms with van der Waals surface area (Å²) in [6, 6.07) is 27.2. The molecule has 3 heteroatoms. The van der Waals surface area contributed by atoms with Crippen molar-refractivity contribution in [2.75, 3.05) is 5.32 Å². The first kappa shape index (κ1) is 14.4. The number of pyridine rings is 2. The minimum atomic E-state index is 0.877. The van der Waals surface area contributed by atoms with Gasteiger partial charge in [0, 0.05) is 28.4 Å². The van der Waals surface area contributed by atoms with Crippen LogP contribution in [0.4, 0.5) is 11.5 Å². The van der Waals surface area contributed by atoms with Crippen molar-refractivity contribution in [2.24, 2.45) is 0 Å². The van der Waals surface area contributed by atoms with E-state index < -0.39 is 0 Å². The zero-order valence-electron chi connectivity index (χ0n) is 14.5. The van der Waals surface area contributed by atoms with Crippen molar-refractivity contribution < 1.29 is 0 Å². The molecule has 0 spiro atoms. The van der Waals surface area contributed by atoms with E-state index in [-0.39, 0.29) is 0 Å². The summed E-state index contributed by atoms with van der Waals surface area (Å²) in [6.45, 7) is 0. The van der Waals surface area contributed by atoms with Crippen LogP contribution in [-0.2, 0) is 0 Å². The molecule has 0 saturated heterocycles. The van der Waals surface area contributed by atoms with Gasteiger partial charge in [-0.25, -0.2) is 4.98 Å². The standard InChI is InChI=1S/C24H15N3/c1-2-7-15(8-3-1)16-10-6-11-19-22(16)27-24-21-18(13-14-25-23(19)21)17-9-4-5-12-20(17)26-24/h1-14H,(H,26,27). The van der Waals surface area contributed by atoms with Gasteiger partial charge < -0.3 is 5.32 Å². The van der Waals surface area contributed by atoms with E-state index in [2.05, 4.69) is 72.0 Å². The second-order valence-electron chi connectivity index (χ2n) is 6.78. The molecule has 3 heterocycles. The van der Waals surface area contributed by atoms with E-state index >= 15 is 0 Å². The third kappa shape index (κ3) is 2.02. The Labute approximate surface area is 156 Å². The van der Waals surface area contributed by atoms with Crippen LogP contribution in [0.5, 0.6) is 0 Å². The first-order chi connectivity index (χ1) is 13.4. The maximum Gasteiger partial charge on any atom is 0.141 e. The molecule has 5 aromatic rings. The Morgan fingerprint density at radius 1 is 0.630 bits per heavy atom. The predicted octanol–water partition coefficient (Wildman–Crippen LogP) is 6.17. The van der Waals surface area contributed by atoms with Crippen LogP contribution in [0.25, 0.3) is 44.1 Å². The van der Waals surface area contributed by atoms with Gasteiger partial charge >= 0.3 is 0 Å². The summed E-state index contributed by atoms with van der Waals surface area (Å²) < 4.78 is 0. The fourth-order valence-corrected chi connectivity index (χ4v) is 4.05. The van der Waals surface area contributed by atoms with Crippen LogP contribution >= 0.6 is 0 Å². The lowest BCUT2D eigenvalue weighted by atomic mass is 9.94. The van der Waals surface area contributed by atoms with Crippen LogP contribution in [-0.4, -0.2) is 9.97 Å². The Morgan fingerprint density at radius 2 is 1.44 bits per heavy atom. The molecule has 0 fully saturated rings. The molecule has 0 radical (unpaired) electrons. The fraction of sp³-hybridized carbons (Fsp3) is 0. The second kappa shape index (κ2) is 5.39. The van der Waals surface area contributed by atoms with Crippen LogP contribution in [0.2, 0.25) is 0 Å². The zero-order chi connectivity index (χ0) is 17.8. The predicted molar refractivity (Wildman–Crippen MR) is 111 cm³/mol. The van der Waals surface area contributed by atoms with Crippen molar-refractivity contribution in [2.45, 2.75) is 0 Å². The van der Waals surface area contributed by atoms with Crippen molar-refractivity contribution in [1.82, 2.24) is 9.97 Å². The molecule has 0 unspecified atom stereocenters. The van der Waals surface area contributed by atoms with Gasteiger partial charge in [-0.05, 0) is 23.3 Å². The van der Waals surface area contributed by atoms with Gasteiger partial charge in [-0.15, -0.1) is 0 Å². The van der Waals surface area contributed by atoms with Gasteiger partial charge in [-0.1, -0.05) is 66.7 Å². The Morgan fingerprint density at radius 3 is 2.37 bits per heavy atom. The van der Waals surface area contributed by atoms with E-state index in [0.717, 1.165) is 44.4 Å². The molecule has 0 saturated carbocycles. The highest BCUT2D eigenvalue weighted by Gasteiger charge is 2.21. The lowest BCUT2D eigenvalue weighted by Gasteiger charge is -2.22. The van der Waals surface area contributed by atoms with Gasteiger partial charge in [0.05, 0.1) is 16.4 Å². The fourth-order valence-electron chi connectivity index (χ4n) is 4.05. The van der Waals surface area contributed by atoms with Crippen LogP contribution < -0.4 is 5.32 Å². The van der Waals surface area contributed by atoms with Gasteiger partial charge in [0.2, 0.25) is 0 Å². The lowest BCUT2D eigenvalue weighted by molar-refractivity contribution is 1.35. The number of hydrogen-bond donors (Lipinski definition) is 1. The highest BCUT2D eigenvalue weighted by molar-refractivity contribution is 6.18. The summed E-state index contributed by atoms with van der Waals surface area (Å²) in [5.74, 6) is 0.877. The van der Waals surface area contributed by atoms with E-state index in [1.165, 1.54) is 11.1 Å². The molecule has 1 N–H and O–H groups in total. The summed E-state index contributed by atoms with van der Waals surface area (Å²) in [4.78, 5) is 9.80. The third-order valence-corrected chi connectivity index (χ3v) is 5.26. The smallest absolute Gasteiger partial charge is 0.141 e. The second-order valence-corrected chi connectivity index (χ2v) is 6.78. The third-order valence-electron chi connectivity index (χ3n) is 5.26. The molecule has 2 aromatic heterocycles. The summed E-state index contributed by atoms with van der Waals surface area (Å²) in [5, 5.41) is 5.70. The molecule has 1 aliphatic rings. The molecule has 27 heavy (non-hydrogen) atoms. The number of rotatable bonds is 1. The number of hydrogen-bond acceptors (Lipinski definition) is 3. The number of fused-ring (bicyclic) bond motifs is 4. The number of nitrogens with zero attached hydrogens (tertiary/aromatic N) is 2. The Kier molecular flexibility index (Phi) is 2.88. The Balaban J connectivity index is 1.76. The van der Waals surface area contributed by atoms with Gasteiger partial charge in [0.25, 0.3) is 0 Å². The van der Waals surface area contributed by atoms with Crippen molar-refractivity contribution in [3.63, 3.8) is 0 Å². The van der Waals surface area contributed by atoms with Crippen LogP contribution in [0, 0.1) is 0 Å². The van der Waals surface area contributed by atoms with Crippen molar-refractivity contribution in [3.05, 3.63) is 85.1 Å². The monoisotopic (exact) mass is 345 g/mol. The molecule has 126 valence electrons. The van der Waals surface area contributed by atoms with Gasteiger partial charge in [0.15, 0.2) is 0 Å². The van der Waals surface area contributed by atoms with Crippen molar-refractivity contribution in [3.8, 4) is 22.3 Å². The Hall–Kier alpha value is -3.72. The molecule has 1 aliphatic heterocycles. The molecular weight excluding hydrogens is 330 g/mol. The van der Waals surface area contributed by atoms with E-state index in [4.69, 9.17) is 9.97 Å². The van der Waals surface area contributed by atoms with E-state index in [1.807, 2.05) is 18.3 Å². The molecule has 0 bridgehead atoms. The molecular formula is C24H15N3. The molecule has 0 amide bonds. The largest absolute Gasteiger partial charge is 0.339 e. The van der Waals surface area contributed by atoms with Gasteiger partial charge in [0.1, 0.15) is 5.82 Å². The molecule has 3 nitrogen and oxygen atoms in total. The van der Waals surface area contributed by atoms with Gasteiger partial charge in [-0.3, -0.25) is 4.98 Å². The van der Waals surface area contributed by atoms with Crippen LogP contribution in [0.1, 0.15) is 0 Å². The average molecular weight is 345 g/mol. The van der Waals surface area contributed by atoms with E-state index in [1.54, 1.807) is 0 Å². The molecule has 6 rings (SSSR count). The summed E-state index contributed by atoms with van der Waals surface area (Å²) in [6.07, 6.45) is 1.90. The normalized spacial score (nSPS) is 12.0. The van der Waals surface area contributed by atoms with Crippen molar-refractivity contribution in [1.29, 1.82) is 0 Å². The van der Waals surface area contributed by atoms with Crippen LogP contribution in [0.15, 0.2) is 85.1 Å². The maximum atomic E-state index is 5.06. The summed E-state index contributed by atoms with van der Waals surface area (Å²) in [5.41, 5.74) is 7.71. The summed E-state index contributed by atoms with van der Waals surface area (Å²) in [7, 11) is 0. The number of benzene rings is 3. The topological polar surface area (TPSA) is 37.8 Å². The number of anilines is 2. The van der Waals surface area contributed by atoms with Crippen LogP contribution in [0.3, 0.4) is 0 Å². The zero-order valence-corrected chi connectivity index (χ0v) is 14.5. The van der Waals surface area contributed by atoms with E-state index in [9.17, 15) is 0 Å². The first-order valence-corrected chi connectivity index (χ1v) is 9.03. The minimum absolute atomic E-state index is 0.877. The molecule has 3 aromatic carbocycles. The minimum Gasteiger partial charge on any atom is -0.339 e. The lowest BCUT2D eigenvalue weighted by Crippen LogP contribution is -2.04. The quantitative estimate of drug-likeness (QED) is 0.362. The first-order valence-electron chi connectivity index (χ1n) is 9.03. The van der Waals surface area contributed by atoms with Crippen molar-refractivity contribution >= 4 is 33.3 Å². The number of nitrogens with one attached hydrogen (secondary N) is 1. The molecule has 0 atom stereocenters. The number of para-hydroxylation sites is 2. The summed E-state index contributed by atoms with van der Waals surface area (Å²) >= 11 is 0. The number of aromatic nitrogens is 2.